The summed E-state index contributed by atoms with van der Waals surface area (Å²) in [5.74, 6) is 0.908. The first kappa shape index (κ1) is 17.0. The average Bonchev–Trinajstić information content (AvgIpc) is 3.32. The van der Waals surface area contributed by atoms with Crippen LogP contribution < -0.4 is 10.4 Å². The number of benzene rings is 1. The van der Waals surface area contributed by atoms with Gasteiger partial charge >= 0.3 is 5.69 Å². The number of pyridine rings is 1. The van der Waals surface area contributed by atoms with Crippen molar-refractivity contribution in [3.05, 3.63) is 57.6 Å². The van der Waals surface area contributed by atoms with Gasteiger partial charge in [0.15, 0.2) is 5.65 Å². The van der Waals surface area contributed by atoms with Crippen LogP contribution in [0.5, 0.6) is 5.75 Å². The quantitative estimate of drug-likeness (QED) is 0.712. The van der Waals surface area contributed by atoms with E-state index in [9.17, 15) is 9.59 Å². The fourth-order valence-corrected chi connectivity index (χ4v) is 3.90. The van der Waals surface area contributed by atoms with Gasteiger partial charge in [-0.15, -0.1) is 0 Å². The predicted molar refractivity (Wildman–Crippen MR) is 104 cm³/mol. The lowest BCUT2D eigenvalue weighted by Crippen LogP contribution is -2.48. The molecule has 0 spiro atoms. The van der Waals surface area contributed by atoms with E-state index in [0.29, 0.717) is 29.9 Å². The lowest BCUT2D eigenvalue weighted by Gasteiger charge is -2.34. The standard InChI is InChI=1S/C20H21N5O3/c26-19(16-3-2-15-18(21-16)23-20(27)22-15)25-8-6-24(7-9-25)12-13-1-4-17-14(11-13)5-10-28-17/h1-4,11H,5-10,12H2,(H2,21,22,23,27). The van der Waals surface area contributed by atoms with Gasteiger partial charge < -0.3 is 14.6 Å². The molecule has 0 aliphatic carbocycles. The zero-order valence-electron chi connectivity index (χ0n) is 15.4. The third-order valence-electron chi connectivity index (χ3n) is 5.41. The Balaban J connectivity index is 1.22. The predicted octanol–water partition coefficient (Wildman–Crippen LogP) is 1.14. The first-order valence-electron chi connectivity index (χ1n) is 9.51. The van der Waals surface area contributed by atoms with Gasteiger partial charge in [-0.05, 0) is 29.3 Å². The summed E-state index contributed by atoms with van der Waals surface area (Å²) in [5.41, 5.74) is 3.62. The maximum absolute atomic E-state index is 12.8. The van der Waals surface area contributed by atoms with Gasteiger partial charge in [0.2, 0.25) is 0 Å². The molecule has 1 aromatic carbocycles. The molecule has 0 radical (unpaired) electrons. The van der Waals surface area contributed by atoms with E-state index < -0.39 is 0 Å². The number of rotatable bonds is 3. The number of fused-ring (bicyclic) bond motifs is 2. The molecule has 4 heterocycles. The Hall–Kier alpha value is -3.13. The third-order valence-corrected chi connectivity index (χ3v) is 5.41. The lowest BCUT2D eigenvalue weighted by atomic mass is 10.1. The van der Waals surface area contributed by atoms with Crippen molar-refractivity contribution in [2.24, 2.45) is 0 Å². The number of nitrogens with zero attached hydrogens (tertiary/aromatic N) is 3. The van der Waals surface area contributed by atoms with Crippen LogP contribution in [0.1, 0.15) is 21.6 Å². The number of carbonyl (C=O) groups is 1. The summed E-state index contributed by atoms with van der Waals surface area (Å²) in [7, 11) is 0. The number of carbonyl (C=O) groups excluding carboxylic acids is 1. The zero-order chi connectivity index (χ0) is 19.1. The molecule has 2 N–H and O–H groups in total. The number of ether oxygens (including phenoxy) is 1. The molecule has 0 saturated carbocycles. The van der Waals surface area contributed by atoms with Gasteiger partial charge in [0, 0.05) is 39.1 Å². The SMILES string of the molecule is O=C(c1ccc2[nH]c(=O)[nH]c2n1)N1CCN(Cc2ccc3c(c2)CCO3)CC1. The van der Waals surface area contributed by atoms with Crippen molar-refractivity contribution in [1.82, 2.24) is 24.8 Å². The van der Waals surface area contributed by atoms with Gasteiger partial charge in [-0.25, -0.2) is 9.78 Å². The highest BCUT2D eigenvalue weighted by Crippen LogP contribution is 2.26. The molecule has 1 amide bonds. The van der Waals surface area contributed by atoms with Crippen LogP contribution in [0.25, 0.3) is 11.2 Å². The lowest BCUT2D eigenvalue weighted by molar-refractivity contribution is 0.0623. The number of piperazine rings is 1. The second kappa shape index (κ2) is 6.79. The molecule has 3 aromatic rings. The zero-order valence-corrected chi connectivity index (χ0v) is 15.4. The van der Waals surface area contributed by atoms with Crippen molar-refractivity contribution in [1.29, 1.82) is 0 Å². The summed E-state index contributed by atoms with van der Waals surface area (Å²) >= 11 is 0. The van der Waals surface area contributed by atoms with Crippen LogP contribution in [0.15, 0.2) is 35.1 Å². The molecule has 2 aliphatic heterocycles. The minimum Gasteiger partial charge on any atom is -0.493 e. The van der Waals surface area contributed by atoms with Gasteiger partial charge in [0.05, 0.1) is 12.1 Å². The van der Waals surface area contributed by atoms with Crippen LogP contribution in [-0.2, 0) is 13.0 Å². The average molecular weight is 379 g/mol. The summed E-state index contributed by atoms with van der Waals surface area (Å²) in [6.45, 7) is 4.62. The summed E-state index contributed by atoms with van der Waals surface area (Å²) in [6.07, 6.45) is 0.981. The number of imidazole rings is 1. The summed E-state index contributed by atoms with van der Waals surface area (Å²) in [5, 5.41) is 0. The van der Waals surface area contributed by atoms with Crippen molar-refractivity contribution in [3.63, 3.8) is 0 Å². The Morgan fingerprint density at radius 1 is 1.11 bits per heavy atom. The van der Waals surface area contributed by atoms with E-state index in [0.717, 1.165) is 38.4 Å². The van der Waals surface area contributed by atoms with E-state index in [2.05, 4.69) is 38.1 Å². The summed E-state index contributed by atoms with van der Waals surface area (Å²) in [6, 6.07) is 9.79. The Labute approximate surface area is 161 Å². The van der Waals surface area contributed by atoms with Crippen molar-refractivity contribution < 1.29 is 9.53 Å². The number of aromatic amines is 2. The normalized spacial score (nSPS) is 16.9. The maximum atomic E-state index is 12.8. The number of nitrogens with one attached hydrogen (secondary N) is 2. The number of hydrogen-bond acceptors (Lipinski definition) is 5. The minimum atomic E-state index is -0.321. The van der Waals surface area contributed by atoms with E-state index in [-0.39, 0.29) is 11.6 Å². The van der Waals surface area contributed by atoms with Crippen molar-refractivity contribution >= 4 is 17.1 Å². The molecule has 8 heteroatoms. The van der Waals surface area contributed by atoms with Crippen LogP contribution in [0.3, 0.4) is 0 Å². The molecular weight excluding hydrogens is 358 g/mol. The van der Waals surface area contributed by atoms with Gasteiger partial charge in [0.1, 0.15) is 11.4 Å². The molecule has 144 valence electrons. The minimum absolute atomic E-state index is 0.0988. The Morgan fingerprint density at radius 2 is 1.96 bits per heavy atom. The van der Waals surface area contributed by atoms with E-state index >= 15 is 0 Å². The largest absolute Gasteiger partial charge is 0.493 e. The Bertz CT molecular complexity index is 1090. The molecule has 0 atom stereocenters. The van der Waals surface area contributed by atoms with Crippen LogP contribution >= 0.6 is 0 Å². The summed E-state index contributed by atoms with van der Waals surface area (Å²) in [4.78, 5) is 37.8. The van der Waals surface area contributed by atoms with E-state index in [1.54, 1.807) is 12.1 Å². The van der Waals surface area contributed by atoms with Crippen LogP contribution in [-0.4, -0.2) is 63.4 Å². The molecule has 0 unspecified atom stereocenters. The van der Waals surface area contributed by atoms with Crippen molar-refractivity contribution in [2.75, 3.05) is 32.8 Å². The van der Waals surface area contributed by atoms with Crippen LogP contribution in [0.4, 0.5) is 0 Å². The molecule has 1 fully saturated rings. The first-order chi connectivity index (χ1) is 13.7. The monoisotopic (exact) mass is 379 g/mol. The smallest absolute Gasteiger partial charge is 0.325 e. The van der Waals surface area contributed by atoms with Gasteiger partial charge in [-0.2, -0.15) is 0 Å². The molecule has 28 heavy (non-hydrogen) atoms. The van der Waals surface area contributed by atoms with Gasteiger partial charge in [0.25, 0.3) is 5.91 Å². The van der Waals surface area contributed by atoms with Gasteiger partial charge in [-0.3, -0.25) is 14.7 Å². The molecule has 2 aliphatic rings. The third kappa shape index (κ3) is 3.16. The van der Waals surface area contributed by atoms with E-state index in [1.165, 1.54) is 11.1 Å². The number of amides is 1. The second-order valence-electron chi connectivity index (χ2n) is 7.28. The highest BCUT2D eigenvalue weighted by Gasteiger charge is 2.24. The van der Waals surface area contributed by atoms with Gasteiger partial charge in [-0.1, -0.05) is 12.1 Å². The van der Waals surface area contributed by atoms with E-state index in [1.807, 2.05) is 4.90 Å². The highest BCUT2D eigenvalue weighted by atomic mass is 16.5. The van der Waals surface area contributed by atoms with Crippen molar-refractivity contribution in [2.45, 2.75) is 13.0 Å². The second-order valence-corrected chi connectivity index (χ2v) is 7.28. The molecular formula is C20H21N5O3. The topological polar surface area (TPSA) is 94.3 Å². The summed E-state index contributed by atoms with van der Waals surface area (Å²) < 4.78 is 5.57. The highest BCUT2D eigenvalue weighted by molar-refractivity contribution is 5.94. The molecule has 2 aromatic heterocycles. The molecule has 0 bridgehead atoms. The molecule has 8 nitrogen and oxygen atoms in total. The number of hydrogen-bond donors (Lipinski definition) is 2. The Morgan fingerprint density at radius 3 is 2.82 bits per heavy atom. The van der Waals surface area contributed by atoms with Crippen LogP contribution in [0, 0.1) is 0 Å². The maximum Gasteiger partial charge on any atom is 0.325 e. The molecule has 5 rings (SSSR count). The number of aromatic nitrogens is 3. The van der Waals surface area contributed by atoms with E-state index in [4.69, 9.17) is 4.74 Å². The number of H-pyrrole nitrogens is 2. The molecule has 1 saturated heterocycles. The fourth-order valence-electron chi connectivity index (χ4n) is 3.90. The first-order valence-corrected chi connectivity index (χ1v) is 9.51. The Kier molecular flexibility index (Phi) is 4.12. The van der Waals surface area contributed by atoms with Crippen molar-refractivity contribution in [3.8, 4) is 5.75 Å². The fraction of sp³-hybridized carbons (Fsp3) is 0.350. The van der Waals surface area contributed by atoms with Crippen LogP contribution in [0.2, 0.25) is 0 Å².